The van der Waals surface area contributed by atoms with Crippen molar-refractivity contribution in [3.63, 3.8) is 0 Å². The molecule has 0 aromatic heterocycles. The van der Waals surface area contributed by atoms with Crippen molar-refractivity contribution in [3.05, 3.63) is 0 Å². The Hall–Kier alpha value is -0.130. The van der Waals surface area contributed by atoms with Crippen molar-refractivity contribution in [2.45, 2.75) is 44.1 Å². The lowest BCUT2D eigenvalue weighted by Gasteiger charge is -2.37. The summed E-state index contributed by atoms with van der Waals surface area (Å²) in [4.78, 5) is 8.84. The maximum Gasteiger partial charge on any atom is 0.449 e. The first kappa shape index (κ1) is 14.9. The molecule has 8 heteroatoms. The van der Waals surface area contributed by atoms with Gasteiger partial charge in [-0.3, -0.25) is 9.09 Å². The van der Waals surface area contributed by atoms with E-state index in [1.807, 2.05) is 0 Å². The smallest absolute Gasteiger partial charge is 0.324 e. The van der Waals surface area contributed by atoms with Crippen LogP contribution in [0.5, 0.6) is 0 Å². The molecule has 1 rings (SSSR count). The molecule has 2 unspecified atom stereocenters. The largest absolute Gasteiger partial charge is 0.449 e. The van der Waals surface area contributed by atoms with Crippen LogP contribution in [0.3, 0.4) is 0 Å². The van der Waals surface area contributed by atoms with E-state index >= 15 is 0 Å². The van der Waals surface area contributed by atoms with Crippen LogP contribution in [0.25, 0.3) is 0 Å². The van der Waals surface area contributed by atoms with Gasteiger partial charge in [0.15, 0.2) is 0 Å². The van der Waals surface area contributed by atoms with E-state index in [-0.39, 0.29) is 12.8 Å². The molecule has 0 saturated heterocycles. The maximum atomic E-state index is 14.0. The summed E-state index contributed by atoms with van der Waals surface area (Å²) in [5.74, 6) is -5.43. The lowest BCUT2D eigenvalue weighted by Crippen LogP contribution is -2.49. The number of hydrogen-bond donors (Lipinski definition) is 1. The van der Waals surface area contributed by atoms with Crippen LogP contribution in [-0.4, -0.2) is 23.6 Å². The van der Waals surface area contributed by atoms with Gasteiger partial charge in [0.2, 0.25) is 0 Å². The van der Waals surface area contributed by atoms with E-state index in [1.165, 1.54) is 0 Å². The first-order valence-electron chi connectivity index (χ1n) is 5.33. The molecule has 0 aromatic rings. The average molecular weight is 278 g/mol. The molecule has 1 fully saturated rings. The molecule has 1 aliphatic carbocycles. The quantitative estimate of drug-likeness (QED) is 0.633. The molecule has 0 heterocycles. The Bertz CT molecular complexity index is 308. The monoisotopic (exact) mass is 278 g/mol. The fourth-order valence-electron chi connectivity index (χ4n) is 2.08. The summed E-state index contributed by atoms with van der Waals surface area (Å²) < 4.78 is 66.8. The SMILES string of the molecule is CP(=O)(O)OC(F)(C1CCCCC1)C(F)(F)F. The van der Waals surface area contributed by atoms with Crippen LogP contribution < -0.4 is 0 Å². The van der Waals surface area contributed by atoms with Gasteiger partial charge in [-0.05, 0) is 12.8 Å². The molecule has 0 aliphatic heterocycles. The Labute approximate surface area is 96.7 Å². The molecule has 3 nitrogen and oxygen atoms in total. The van der Waals surface area contributed by atoms with Crippen LogP contribution in [0.15, 0.2) is 0 Å². The van der Waals surface area contributed by atoms with Gasteiger partial charge in [-0.25, -0.2) is 4.39 Å². The average Bonchev–Trinajstić information content (AvgIpc) is 2.14. The summed E-state index contributed by atoms with van der Waals surface area (Å²) in [6, 6.07) is 0. The van der Waals surface area contributed by atoms with Gasteiger partial charge in [-0.2, -0.15) is 13.2 Å². The van der Waals surface area contributed by atoms with E-state index in [0.717, 1.165) is 6.42 Å². The third-order valence-electron chi connectivity index (χ3n) is 2.82. The molecule has 0 spiro atoms. The zero-order valence-corrected chi connectivity index (χ0v) is 10.2. The Balaban J connectivity index is 2.96. The second-order valence-corrected chi connectivity index (χ2v) is 6.16. The molecule has 2 atom stereocenters. The van der Waals surface area contributed by atoms with E-state index in [0.29, 0.717) is 19.5 Å². The van der Waals surface area contributed by atoms with Crippen molar-refractivity contribution in [3.8, 4) is 0 Å². The molecule has 1 saturated carbocycles. The third-order valence-corrected chi connectivity index (χ3v) is 3.42. The van der Waals surface area contributed by atoms with Crippen molar-refractivity contribution >= 4 is 7.60 Å². The van der Waals surface area contributed by atoms with Gasteiger partial charge in [-0.1, -0.05) is 19.3 Å². The predicted molar refractivity (Wildman–Crippen MR) is 53.3 cm³/mol. The summed E-state index contributed by atoms with van der Waals surface area (Å²) in [6.07, 6.45) is -3.60. The van der Waals surface area contributed by atoms with Gasteiger partial charge in [0.05, 0.1) is 0 Å². The van der Waals surface area contributed by atoms with Gasteiger partial charge in [0.25, 0.3) is 0 Å². The van der Waals surface area contributed by atoms with Crippen molar-refractivity contribution in [1.29, 1.82) is 0 Å². The number of halogens is 4. The fraction of sp³-hybridized carbons (Fsp3) is 1.00. The van der Waals surface area contributed by atoms with Crippen molar-refractivity contribution in [1.82, 2.24) is 0 Å². The minimum absolute atomic E-state index is 0.00993. The summed E-state index contributed by atoms with van der Waals surface area (Å²) in [5.41, 5.74) is 0. The van der Waals surface area contributed by atoms with E-state index in [4.69, 9.17) is 4.89 Å². The van der Waals surface area contributed by atoms with E-state index in [9.17, 15) is 22.1 Å². The molecule has 0 amide bonds. The zero-order valence-electron chi connectivity index (χ0n) is 9.34. The zero-order chi connectivity index (χ0) is 13.3. The van der Waals surface area contributed by atoms with E-state index in [2.05, 4.69) is 4.52 Å². The minimum Gasteiger partial charge on any atom is -0.324 e. The van der Waals surface area contributed by atoms with Crippen molar-refractivity contribution in [2.75, 3.05) is 6.66 Å². The van der Waals surface area contributed by atoms with Crippen LogP contribution in [-0.2, 0) is 9.09 Å². The predicted octanol–water partition coefficient (Wildman–Crippen LogP) is 3.63. The topological polar surface area (TPSA) is 46.5 Å². The van der Waals surface area contributed by atoms with Crippen molar-refractivity contribution < 1.29 is 31.5 Å². The molecule has 0 radical (unpaired) electrons. The standard InChI is InChI=1S/C9H15F4O3P/c1-17(14,15)16-8(10,9(11,12)13)7-5-3-2-4-6-7/h7H,2-6H2,1H3,(H,14,15). The van der Waals surface area contributed by atoms with Crippen LogP contribution in [0.4, 0.5) is 17.6 Å². The number of alkyl halides is 4. The number of rotatable bonds is 3. The van der Waals surface area contributed by atoms with Crippen LogP contribution >= 0.6 is 7.60 Å². The molecular formula is C9H15F4O3P. The van der Waals surface area contributed by atoms with Crippen LogP contribution in [0.2, 0.25) is 0 Å². The molecule has 17 heavy (non-hydrogen) atoms. The highest BCUT2D eigenvalue weighted by Gasteiger charge is 2.64. The van der Waals surface area contributed by atoms with Crippen LogP contribution in [0.1, 0.15) is 32.1 Å². The first-order valence-corrected chi connectivity index (χ1v) is 7.35. The minimum atomic E-state index is -5.30. The van der Waals surface area contributed by atoms with Gasteiger partial charge in [-0.15, -0.1) is 0 Å². The first-order chi connectivity index (χ1) is 7.56. The summed E-state index contributed by atoms with van der Waals surface area (Å²) in [6.45, 7) is 0.551. The summed E-state index contributed by atoms with van der Waals surface area (Å²) in [7, 11) is -4.55. The van der Waals surface area contributed by atoms with Gasteiger partial charge in [0, 0.05) is 12.6 Å². The van der Waals surface area contributed by atoms with Crippen LogP contribution in [0, 0.1) is 5.92 Å². The Morgan fingerprint density at radius 3 is 2.00 bits per heavy atom. The Morgan fingerprint density at radius 2 is 1.65 bits per heavy atom. The third kappa shape index (κ3) is 3.66. The highest BCUT2D eigenvalue weighted by Crippen LogP contribution is 2.54. The lowest BCUT2D eigenvalue weighted by atomic mass is 9.83. The molecule has 102 valence electrons. The molecule has 0 aromatic carbocycles. The maximum absolute atomic E-state index is 14.0. The van der Waals surface area contributed by atoms with E-state index < -0.39 is 25.5 Å². The second kappa shape index (κ2) is 4.86. The molecule has 1 aliphatic rings. The Kier molecular flexibility index (Phi) is 4.27. The highest BCUT2D eigenvalue weighted by atomic mass is 31.2. The van der Waals surface area contributed by atoms with Gasteiger partial charge < -0.3 is 4.89 Å². The number of hydrogen-bond acceptors (Lipinski definition) is 2. The lowest BCUT2D eigenvalue weighted by molar-refractivity contribution is -0.327. The summed E-state index contributed by atoms with van der Waals surface area (Å²) >= 11 is 0. The summed E-state index contributed by atoms with van der Waals surface area (Å²) in [5, 5.41) is 0. The van der Waals surface area contributed by atoms with E-state index in [1.54, 1.807) is 0 Å². The Morgan fingerprint density at radius 1 is 1.18 bits per heavy atom. The molecule has 1 N–H and O–H groups in total. The highest BCUT2D eigenvalue weighted by molar-refractivity contribution is 7.51. The fourth-order valence-corrected chi connectivity index (χ4v) is 2.82. The van der Waals surface area contributed by atoms with Crippen molar-refractivity contribution in [2.24, 2.45) is 5.92 Å². The van der Waals surface area contributed by atoms with Gasteiger partial charge in [0.1, 0.15) is 0 Å². The molecule has 0 bridgehead atoms. The second-order valence-electron chi connectivity index (χ2n) is 4.37. The van der Waals surface area contributed by atoms with Gasteiger partial charge >= 0.3 is 19.6 Å². The normalized spacial score (nSPS) is 26.2. The molecular weight excluding hydrogens is 263 g/mol.